The molecule has 156 valence electrons. The number of carbonyl (C=O) groups excluding carboxylic acids is 3. The predicted molar refractivity (Wildman–Crippen MR) is 111 cm³/mol. The van der Waals surface area contributed by atoms with Crippen molar-refractivity contribution in [3.8, 4) is 0 Å². The molecule has 1 saturated heterocycles. The molecule has 4 heterocycles. The van der Waals surface area contributed by atoms with Crippen molar-refractivity contribution < 1.29 is 19.5 Å². The molecule has 1 saturated carbocycles. The molecule has 2 fully saturated rings. The number of β-amino-alcohol motifs (C(OH)–C–C–N with tert-alkyl or cyclic N) is 1. The lowest BCUT2D eigenvalue weighted by Crippen LogP contribution is -2.29. The van der Waals surface area contributed by atoms with Crippen molar-refractivity contribution in [3.63, 3.8) is 0 Å². The van der Waals surface area contributed by atoms with Crippen LogP contribution in [0, 0.1) is 0 Å². The third-order valence-electron chi connectivity index (χ3n) is 6.25. The van der Waals surface area contributed by atoms with Gasteiger partial charge in [-0.25, -0.2) is 4.98 Å². The van der Waals surface area contributed by atoms with Crippen LogP contribution in [0.3, 0.4) is 0 Å². The first-order chi connectivity index (χ1) is 15.0. The number of aliphatic hydroxyl groups is 1. The van der Waals surface area contributed by atoms with E-state index in [0.29, 0.717) is 34.1 Å². The van der Waals surface area contributed by atoms with E-state index in [4.69, 9.17) is 0 Å². The molecule has 2 aromatic heterocycles. The van der Waals surface area contributed by atoms with Crippen LogP contribution < -0.4 is 4.90 Å². The molecule has 1 atom stereocenters. The number of imide groups is 1. The molecule has 1 aliphatic carbocycles. The fraction of sp³-hybridized carbons (Fsp3) is 0.304. The van der Waals surface area contributed by atoms with Gasteiger partial charge < -0.3 is 14.4 Å². The van der Waals surface area contributed by atoms with E-state index in [0.717, 1.165) is 18.4 Å². The van der Waals surface area contributed by atoms with E-state index in [1.54, 1.807) is 29.2 Å². The quantitative estimate of drug-likeness (QED) is 0.658. The minimum atomic E-state index is -0.690. The lowest BCUT2D eigenvalue weighted by atomic mass is 10.1. The number of nitrogens with zero attached hydrogens (tertiary/aromatic N) is 4. The van der Waals surface area contributed by atoms with Gasteiger partial charge in [0, 0.05) is 12.4 Å². The van der Waals surface area contributed by atoms with Gasteiger partial charge in [0.1, 0.15) is 0 Å². The normalized spacial score (nSPS) is 20.9. The number of carbonyl (C=O) groups is 3. The number of fused-ring (bicyclic) bond motifs is 2. The van der Waals surface area contributed by atoms with Gasteiger partial charge in [0.2, 0.25) is 5.91 Å². The molecule has 3 amide bonds. The second-order valence-electron chi connectivity index (χ2n) is 8.50. The Labute approximate surface area is 177 Å². The zero-order chi connectivity index (χ0) is 21.3. The molecule has 3 aliphatic rings. The molecule has 1 aromatic carbocycles. The summed E-state index contributed by atoms with van der Waals surface area (Å²) in [4.78, 5) is 45.4. The number of aromatic nitrogens is 2. The Hall–Kier alpha value is -3.52. The number of anilines is 1. The number of hydrogen-bond donors (Lipinski definition) is 1. The molecule has 1 N–H and O–H groups in total. The Morgan fingerprint density at radius 3 is 2.35 bits per heavy atom. The number of aliphatic hydroxyl groups excluding tert-OH is 1. The fourth-order valence-electron chi connectivity index (χ4n) is 4.53. The Bertz CT molecular complexity index is 1240. The van der Waals surface area contributed by atoms with Gasteiger partial charge in [-0.15, -0.1) is 0 Å². The average molecular weight is 416 g/mol. The summed E-state index contributed by atoms with van der Waals surface area (Å²) in [5.74, 6) is -0.316. The highest BCUT2D eigenvalue weighted by Gasteiger charge is 2.36. The van der Waals surface area contributed by atoms with Crippen LogP contribution in [-0.4, -0.2) is 49.8 Å². The molecule has 8 heteroatoms. The van der Waals surface area contributed by atoms with Crippen molar-refractivity contribution in [2.45, 2.75) is 37.8 Å². The van der Waals surface area contributed by atoms with E-state index < -0.39 is 6.10 Å². The number of benzene rings is 1. The molecule has 0 unspecified atom stereocenters. The Kier molecular flexibility index (Phi) is 3.82. The maximum absolute atomic E-state index is 12.7. The van der Waals surface area contributed by atoms with Crippen LogP contribution in [0.1, 0.15) is 57.2 Å². The lowest BCUT2D eigenvalue weighted by Gasteiger charge is -2.18. The molecular formula is C23H20N4O4. The summed E-state index contributed by atoms with van der Waals surface area (Å²) >= 11 is 0. The number of imidazole rings is 1. The number of hydrogen-bond acceptors (Lipinski definition) is 5. The van der Waals surface area contributed by atoms with Gasteiger partial charge in [-0.2, -0.15) is 0 Å². The highest BCUT2D eigenvalue weighted by Crippen LogP contribution is 2.42. The van der Waals surface area contributed by atoms with E-state index in [2.05, 4.69) is 4.98 Å². The van der Waals surface area contributed by atoms with Crippen molar-refractivity contribution in [1.82, 2.24) is 14.3 Å². The van der Waals surface area contributed by atoms with Crippen LogP contribution in [0.2, 0.25) is 0 Å². The molecule has 2 aliphatic heterocycles. The largest absolute Gasteiger partial charge is 0.391 e. The topological polar surface area (TPSA) is 95.2 Å². The number of amides is 3. The predicted octanol–water partition coefficient (Wildman–Crippen LogP) is 2.11. The van der Waals surface area contributed by atoms with Crippen LogP contribution in [0.4, 0.5) is 5.69 Å². The van der Waals surface area contributed by atoms with Crippen molar-refractivity contribution in [3.05, 3.63) is 65.1 Å². The van der Waals surface area contributed by atoms with Gasteiger partial charge in [-0.1, -0.05) is 12.1 Å². The lowest BCUT2D eigenvalue weighted by molar-refractivity contribution is -0.117. The van der Waals surface area contributed by atoms with E-state index in [1.807, 2.05) is 22.9 Å². The van der Waals surface area contributed by atoms with E-state index in [-0.39, 0.29) is 37.2 Å². The molecule has 6 rings (SSSR count). The molecule has 31 heavy (non-hydrogen) atoms. The summed E-state index contributed by atoms with van der Waals surface area (Å²) in [6.45, 7) is 0.298. The third-order valence-corrected chi connectivity index (χ3v) is 6.25. The van der Waals surface area contributed by atoms with Crippen molar-refractivity contribution >= 4 is 29.1 Å². The highest BCUT2D eigenvalue weighted by atomic mass is 16.3. The molecule has 0 spiro atoms. The van der Waals surface area contributed by atoms with Crippen molar-refractivity contribution in [2.75, 3.05) is 11.4 Å². The minimum Gasteiger partial charge on any atom is -0.391 e. The zero-order valence-electron chi connectivity index (χ0n) is 16.7. The first-order valence-corrected chi connectivity index (χ1v) is 10.4. The average Bonchev–Trinajstić information content (AvgIpc) is 3.39. The standard InChI is InChI=1S/C23H20N4O4/c28-16-8-20(29)26(12-16)19-7-14(13-5-6-13)9-25-10-15(24-21(19)25)11-27-22(30)17-3-1-2-4-18(17)23(27)31/h1-4,7,9-10,13,16,28H,5-6,8,11-12H2/t16-/m0/s1. The highest BCUT2D eigenvalue weighted by molar-refractivity contribution is 6.21. The Morgan fingerprint density at radius 1 is 1.03 bits per heavy atom. The summed E-state index contributed by atoms with van der Waals surface area (Å²) in [6, 6.07) is 8.78. The van der Waals surface area contributed by atoms with E-state index in [1.165, 1.54) is 4.90 Å². The third kappa shape index (κ3) is 2.86. The van der Waals surface area contributed by atoms with Crippen LogP contribution in [0.15, 0.2) is 42.7 Å². The maximum Gasteiger partial charge on any atom is 0.261 e. The number of pyridine rings is 1. The summed E-state index contributed by atoms with van der Waals surface area (Å²) < 4.78 is 1.87. The molecule has 3 aromatic rings. The monoisotopic (exact) mass is 416 g/mol. The SMILES string of the molecule is O=C1c2ccccc2C(=O)N1Cc1cn2cc(C3CC3)cc(N3C[C@@H](O)CC3=O)c2n1. The van der Waals surface area contributed by atoms with Crippen molar-refractivity contribution in [2.24, 2.45) is 0 Å². The van der Waals surface area contributed by atoms with Gasteiger partial charge in [0.05, 0.1) is 48.1 Å². The summed E-state index contributed by atoms with van der Waals surface area (Å²) in [5.41, 5.74) is 3.75. The van der Waals surface area contributed by atoms with E-state index >= 15 is 0 Å². The zero-order valence-corrected chi connectivity index (χ0v) is 16.7. The van der Waals surface area contributed by atoms with Crippen molar-refractivity contribution in [1.29, 1.82) is 0 Å². The first kappa shape index (κ1) is 18.3. The minimum absolute atomic E-state index is 0.0583. The Balaban J connectivity index is 1.39. The summed E-state index contributed by atoms with van der Waals surface area (Å²) in [6.07, 6.45) is 5.45. The number of rotatable bonds is 4. The van der Waals surface area contributed by atoms with Crippen LogP contribution >= 0.6 is 0 Å². The molecular weight excluding hydrogens is 396 g/mol. The van der Waals surface area contributed by atoms with Gasteiger partial charge in [0.25, 0.3) is 11.8 Å². The maximum atomic E-state index is 12.7. The summed E-state index contributed by atoms with van der Waals surface area (Å²) in [5, 5.41) is 9.96. The summed E-state index contributed by atoms with van der Waals surface area (Å²) in [7, 11) is 0. The fourth-order valence-corrected chi connectivity index (χ4v) is 4.53. The molecule has 0 radical (unpaired) electrons. The van der Waals surface area contributed by atoms with Crippen LogP contribution in [0.25, 0.3) is 5.65 Å². The van der Waals surface area contributed by atoms with E-state index in [9.17, 15) is 19.5 Å². The Morgan fingerprint density at radius 2 is 1.74 bits per heavy atom. The van der Waals surface area contributed by atoms with Crippen LogP contribution in [0.5, 0.6) is 0 Å². The molecule has 8 nitrogen and oxygen atoms in total. The van der Waals surface area contributed by atoms with Crippen LogP contribution in [-0.2, 0) is 11.3 Å². The van der Waals surface area contributed by atoms with Gasteiger partial charge >= 0.3 is 0 Å². The smallest absolute Gasteiger partial charge is 0.261 e. The second-order valence-corrected chi connectivity index (χ2v) is 8.50. The molecule has 0 bridgehead atoms. The van der Waals surface area contributed by atoms with Gasteiger partial charge in [-0.05, 0) is 42.5 Å². The second kappa shape index (κ2) is 6.49. The van der Waals surface area contributed by atoms with Gasteiger partial charge in [-0.3, -0.25) is 19.3 Å². The first-order valence-electron chi connectivity index (χ1n) is 10.4. The van der Waals surface area contributed by atoms with Gasteiger partial charge in [0.15, 0.2) is 5.65 Å².